The van der Waals surface area contributed by atoms with Crippen LogP contribution in [-0.2, 0) is 14.3 Å². The minimum atomic E-state index is -1.58. The lowest BCUT2D eigenvalue weighted by Crippen LogP contribution is -2.60. The molecule has 7 unspecified atom stereocenters. The molecule has 9 nitrogen and oxygen atoms in total. The fraction of sp³-hybridized carbons (Fsp3) is 0.706. The van der Waals surface area contributed by atoms with E-state index in [4.69, 9.17) is 9.47 Å². The molecule has 1 aliphatic rings. The lowest BCUT2D eigenvalue weighted by molar-refractivity contribution is -0.302. The van der Waals surface area contributed by atoms with E-state index in [1.807, 2.05) is 6.08 Å². The molecule has 1 heterocycles. The van der Waals surface area contributed by atoms with Gasteiger partial charge < -0.3 is 40.3 Å². The summed E-state index contributed by atoms with van der Waals surface area (Å²) in [6, 6.07) is -0.844. The van der Waals surface area contributed by atoms with Gasteiger partial charge >= 0.3 is 0 Å². The van der Waals surface area contributed by atoms with E-state index in [1.54, 1.807) is 6.08 Å². The number of aliphatic hydroxyl groups is 5. The first-order valence-electron chi connectivity index (χ1n) is 23.8. The van der Waals surface area contributed by atoms with Gasteiger partial charge in [-0.1, -0.05) is 176 Å². The Morgan fingerprint density at radius 2 is 1.05 bits per heavy atom. The van der Waals surface area contributed by atoms with Crippen molar-refractivity contribution in [3.63, 3.8) is 0 Å². The third kappa shape index (κ3) is 30.4. The third-order valence-electron chi connectivity index (χ3n) is 10.7. The molecular formula is C51H87NO8. The summed E-state index contributed by atoms with van der Waals surface area (Å²) < 4.78 is 11.2. The van der Waals surface area contributed by atoms with Crippen LogP contribution in [0.25, 0.3) is 0 Å². The van der Waals surface area contributed by atoms with Gasteiger partial charge in [-0.25, -0.2) is 0 Å². The highest BCUT2D eigenvalue weighted by Gasteiger charge is 2.44. The van der Waals surface area contributed by atoms with Gasteiger partial charge in [-0.3, -0.25) is 4.79 Å². The van der Waals surface area contributed by atoms with Crippen LogP contribution in [-0.4, -0.2) is 87.5 Å². The first-order valence-corrected chi connectivity index (χ1v) is 23.8. The summed E-state index contributed by atoms with van der Waals surface area (Å²) in [7, 11) is 0. The van der Waals surface area contributed by atoms with Crippen molar-refractivity contribution >= 4 is 5.91 Å². The molecule has 0 aromatic heterocycles. The molecule has 1 aliphatic heterocycles. The van der Waals surface area contributed by atoms with Crippen molar-refractivity contribution in [2.24, 2.45) is 0 Å². The summed E-state index contributed by atoms with van der Waals surface area (Å²) in [5.41, 5.74) is 0. The lowest BCUT2D eigenvalue weighted by atomic mass is 9.99. The molecule has 0 aromatic carbocycles. The molecule has 6 N–H and O–H groups in total. The highest BCUT2D eigenvalue weighted by Crippen LogP contribution is 2.22. The Morgan fingerprint density at radius 3 is 1.60 bits per heavy atom. The Hall–Kier alpha value is -2.63. The highest BCUT2D eigenvalue weighted by molar-refractivity contribution is 5.76. The largest absolute Gasteiger partial charge is 0.394 e. The fourth-order valence-corrected chi connectivity index (χ4v) is 6.90. The van der Waals surface area contributed by atoms with Crippen molar-refractivity contribution in [2.75, 3.05) is 13.2 Å². The van der Waals surface area contributed by atoms with Crippen LogP contribution in [0.5, 0.6) is 0 Å². The first kappa shape index (κ1) is 55.4. The van der Waals surface area contributed by atoms with E-state index in [9.17, 15) is 30.3 Å². The number of hydrogen-bond donors (Lipinski definition) is 6. The molecule has 1 fully saturated rings. The van der Waals surface area contributed by atoms with Crippen LogP contribution in [0.15, 0.2) is 85.1 Å². The number of amides is 1. The highest BCUT2D eigenvalue weighted by atomic mass is 16.7. The zero-order valence-electron chi connectivity index (χ0n) is 37.7. The molecular weight excluding hydrogens is 755 g/mol. The Bertz CT molecular complexity index is 1210. The van der Waals surface area contributed by atoms with Gasteiger partial charge in [0.2, 0.25) is 5.91 Å². The predicted molar refractivity (Wildman–Crippen MR) is 248 cm³/mol. The van der Waals surface area contributed by atoms with Crippen LogP contribution in [0.1, 0.15) is 174 Å². The maximum atomic E-state index is 13.0. The van der Waals surface area contributed by atoms with Gasteiger partial charge in [0, 0.05) is 6.42 Å². The molecule has 9 heteroatoms. The topological polar surface area (TPSA) is 149 Å². The van der Waals surface area contributed by atoms with Gasteiger partial charge in [-0.2, -0.15) is 0 Å². The van der Waals surface area contributed by atoms with Crippen LogP contribution in [0.4, 0.5) is 0 Å². The second-order valence-corrected chi connectivity index (χ2v) is 16.2. The van der Waals surface area contributed by atoms with Gasteiger partial charge in [-0.05, 0) is 77.0 Å². The smallest absolute Gasteiger partial charge is 0.220 e. The van der Waals surface area contributed by atoms with Gasteiger partial charge in [0.05, 0.1) is 25.4 Å². The van der Waals surface area contributed by atoms with E-state index in [2.05, 4.69) is 92.1 Å². The lowest BCUT2D eigenvalue weighted by Gasteiger charge is -2.40. The van der Waals surface area contributed by atoms with E-state index in [1.165, 1.54) is 77.0 Å². The predicted octanol–water partition coefficient (Wildman–Crippen LogP) is 10.3. The maximum absolute atomic E-state index is 13.0. The summed E-state index contributed by atoms with van der Waals surface area (Å²) in [4.78, 5) is 13.0. The molecule has 0 bridgehead atoms. The Kier molecular flexibility index (Phi) is 37.3. The number of ether oxygens (including phenoxy) is 2. The number of allylic oxidation sites excluding steroid dienone is 13. The minimum absolute atomic E-state index is 0.219. The fourth-order valence-electron chi connectivity index (χ4n) is 6.90. The molecule has 0 radical (unpaired) electrons. The van der Waals surface area contributed by atoms with Crippen LogP contribution in [0.3, 0.4) is 0 Å². The summed E-state index contributed by atoms with van der Waals surface area (Å²) in [6.45, 7) is 3.61. The molecule has 7 atom stereocenters. The van der Waals surface area contributed by atoms with Crippen LogP contribution < -0.4 is 5.32 Å². The number of carbonyl (C=O) groups excluding carboxylic acids is 1. The molecule has 1 rings (SSSR count). The summed E-state index contributed by atoms with van der Waals surface area (Å²) >= 11 is 0. The normalized spacial score (nSPS) is 21.4. The van der Waals surface area contributed by atoms with Crippen molar-refractivity contribution in [1.29, 1.82) is 0 Å². The number of carbonyl (C=O) groups is 1. The van der Waals surface area contributed by atoms with E-state index >= 15 is 0 Å². The van der Waals surface area contributed by atoms with Crippen molar-refractivity contribution in [1.82, 2.24) is 5.32 Å². The number of aliphatic hydroxyl groups excluding tert-OH is 5. The van der Waals surface area contributed by atoms with Gasteiger partial charge in [0.25, 0.3) is 0 Å². The van der Waals surface area contributed by atoms with Gasteiger partial charge in [-0.15, -0.1) is 0 Å². The molecule has 344 valence electrons. The average Bonchev–Trinajstić information content (AvgIpc) is 3.25. The molecule has 1 saturated heterocycles. The van der Waals surface area contributed by atoms with Crippen LogP contribution in [0.2, 0.25) is 0 Å². The maximum Gasteiger partial charge on any atom is 0.220 e. The van der Waals surface area contributed by atoms with Crippen molar-refractivity contribution in [3.8, 4) is 0 Å². The summed E-state index contributed by atoms with van der Waals surface area (Å²) in [5.74, 6) is -0.222. The third-order valence-corrected chi connectivity index (χ3v) is 10.7. The molecule has 0 saturated carbocycles. The second kappa shape index (κ2) is 40.4. The SMILES string of the molecule is CC/C=C\C/C=C\C/C=C\C/C=C\C/C=C\CCCCCC(=O)NC(COC1OC(CO)C(O)C(O)C1O)C(O)/C=C/CC/C=C/CCCCCCCCCCCCCC. The van der Waals surface area contributed by atoms with Crippen molar-refractivity contribution in [2.45, 2.75) is 217 Å². The number of unbranched alkanes of at least 4 members (excludes halogenated alkanes) is 16. The molecule has 0 aromatic rings. The Labute approximate surface area is 365 Å². The zero-order chi connectivity index (χ0) is 43.7. The molecule has 60 heavy (non-hydrogen) atoms. The first-order chi connectivity index (χ1) is 29.3. The number of hydrogen-bond acceptors (Lipinski definition) is 8. The summed E-state index contributed by atoms with van der Waals surface area (Å²) in [6.07, 6.45) is 49.1. The summed E-state index contributed by atoms with van der Waals surface area (Å²) in [5, 5.41) is 54.2. The Balaban J connectivity index is 2.41. The quantitative estimate of drug-likeness (QED) is 0.0266. The van der Waals surface area contributed by atoms with Crippen molar-refractivity contribution in [3.05, 3.63) is 85.1 Å². The van der Waals surface area contributed by atoms with E-state index in [-0.39, 0.29) is 12.5 Å². The van der Waals surface area contributed by atoms with Gasteiger partial charge in [0.1, 0.15) is 24.4 Å². The zero-order valence-corrected chi connectivity index (χ0v) is 37.7. The van der Waals surface area contributed by atoms with E-state index in [0.717, 1.165) is 70.6 Å². The van der Waals surface area contributed by atoms with Crippen LogP contribution in [0, 0.1) is 0 Å². The second-order valence-electron chi connectivity index (χ2n) is 16.2. The van der Waals surface area contributed by atoms with Crippen molar-refractivity contribution < 1.29 is 39.8 Å². The van der Waals surface area contributed by atoms with E-state index in [0.29, 0.717) is 12.8 Å². The molecule has 0 aliphatic carbocycles. The molecule has 1 amide bonds. The number of rotatable bonds is 38. The average molecular weight is 842 g/mol. The number of nitrogens with one attached hydrogen (secondary N) is 1. The molecule has 0 spiro atoms. The Morgan fingerprint density at radius 1 is 0.583 bits per heavy atom. The van der Waals surface area contributed by atoms with Crippen LogP contribution >= 0.6 is 0 Å². The van der Waals surface area contributed by atoms with E-state index < -0.39 is 49.5 Å². The monoisotopic (exact) mass is 842 g/mol. The standard InChI is InChI=1S/C51H87NO8/c1-3-5-7-9-11-13-15-17-19-21-23-25-27-29-31-33-35-37-39-41-47(55)52-44(43-59-51-50(58)49(57)48(56)46(42-53)60-51)45(54)40-38-36-34-32-30-28-26-24-22-20-18-16-14-12-10-8-6-4-2/h5,7,11,13,17,19,23,25,29-32,38,40,44-46,48-51,53-54,56-58H,3-4,6,8-10,12,14-16,18,20-22,24,26-28,33-37,39,41-43H2,1-2H3,(H,52,55)/b7-5-,13-11-,19-17-,25-23-,31-29-,32-30+,40-38+. The van der Waals surface area contributed by atoms with Gasteiger partial charge in [0.15, 0.2) is 6.29 Å². The minimum Gasteiger partial charge on any atom is -0.394 e.